The van der Waals surface area contributed by atoms with Gasteiger partial charge in [-0.1, -0.05) is 12.2 Å². The monoisotopic (exact) mass is 183 g/mol. The standard InChI is InChI=1S/C10H17NO2/c1-11-9(10(12)13-2)8-6-4-3-5-7-8/h3-4,8-9,11H,5-7H2,1-2H3. The third-order valence-electron chi connectivity index (χ3n) is 2.55. The Morgan fingerprint density at radius 3 is 2.85 bits per heavy atom. The highest BCUT2D eigenvalue weighted by molar-refractivity contribution is 5.76. The molecule has 74 valence electrons. The second-order valence-corrected chi connectivity index (χ2v) is 3.33. The average molecular weight is 183 g/mol. The van der Waals surface area contributed by atoms with Crippen LogP contribution in [0.1, 0.15) is 19.3 Å². The van der Waals surface area contributed by atoms with Crippen LogP contribution in [0.25, 0.3) is 0 Å². The molecule has 0 aromatic rings. The van der Waals surface area contributed by atoms with Crippen molar-refractivity contribution in [3.05, 3.63) is 12.2 Å². The van der Waals surface area contributed by atoms with Crippen molar-refractivity contribution in [3.8, 4) is 0 Å². The molecule has 1 aliphatic carbocycles. The van der Waals surface area contributed by atoms with Crippen molar-refractivity contribution in [2.24, 2.45) is 5.92 Å². The summed E-state index contributed by atoms with van der Waals surface area (Å²) in [6.07, 6.45) is 7.42. The Hall–Kier alpha value is -0.830. The van der Waals surface area contributed by atoms with E-state index in [-0.39, 0.29) is 12.0 Å². The minimum atomic E-state index is -0.150. The number of carbonyl (C=O) groups is 1. The van der Waals surface area contributed by atoms with Gasteiger partial charge in [0.1, 0.15) is 6.04 Å². The number of ether oxygens (including phenoxy) is 1. The van der Waals surface area contributed by atoms with Gasteiger partial charge in [0, 0.05) is 0 Å². The molecular weight excluding hydrogens is 166 g/mol. The predicted molar refractivity (Wildman–Crippen MR) is 51.3 cm³/mol. The molecule has 0 spiro atoms. The van der Waals surface area contributed by atoms with Crippen molar-refractivity contribution in [1.29, 1.82) is 0 Å². The van der Waals surface area contributed by atoms with Gasteiger partial charge in [-0.3, -0.25) is 4.79 Å². The quantitative estimate of drug-likeness (QED) is 0.526. The van der Waals surface area contributed by atoms with Crippen LogP contribution in [0.15, 0.2) is 12.2 Å². The molecule has 0 saturated heterocycles. The summed E-state index contributed by atoms with van der Waals surface area (Å²) in [6.45, 7) is 0. The number of hydrogen-bond acceptors (Lipinski definition) is 3. The molecule has 0 aromatic carbocycles. The summed E-state index contributed by atoms with van der Waals surface area (Å²) in [5.74, 6) is 0.241. The topological polar surface area (TPSA) is 38.3 Å². The summed E-state index contributed by atoms with van der Waals surface area (Å²) in [7, 11) is 3.24. The van der Waals surface area contributed by atoms with Crippen LogP contribution in [0.3, 0.4) is 0 Å². The maximum Gasteiger partial charge on any atom is 0.323 e. The summed E-state index contributed by atoms with van der Waals surface area (Å²) in [5, 5.41) is 3.01. The summed E-state index contributed by atoms with van der Waals surface area (Å²) in [5.41, 5.74) is 0. The molecule has 3 heteroatoms. The molecule has 0 fully saturated rings. The van der Waals surface area contributed by atoms with Crippen LogP contribution < -0.4 is 5.32 Å². The number of carbonyl (C=O) groups excluding carboxylic acids is 1. The van der Waals surface area contributed by atoms with E-state index in [0.29, 0.717) is 5.92 Å². The van der Waals surface area contributed by atoms with Crippen molar-refractivity contribution in [2.75, 3.05) is 14.2 Å². The highest BCUT2D eigenvalue weighted by atomic mass is 16.5. The second-order valence-electron chi connectivity index (χ2n) is 3.33. The molecule has 0 aliphatic heterocycles. The minimum Gasteiger partial charge on any atom is -0.468 e. The van der Waals surface area contributed by atoms with E-state index in [4.69, 9.17) is 4.74 Å². The molecule has 0 saturated carbocycles. The summed E-state index contributed by atoms with van der Waals surface area (Å²) in [6, 6.07) is -0.144. The molecule has 0 amide bonds. The van der Waals surface area contributed by atoms with E-state index in [2.05, 4.69) is 17.5 Å². The molecule has 0 heterocycles. The Morgan fingerprint density at radius 2 is 2.38 bits per heavy atom. The first-order valence-corrected chi connectivity index (χ1v) is 4.69. The zero-order valence-electron chi connectivity index (χ0n) is 8.25. The number of methoxy groups -OCH3 is 1. The van der Waals surface area contributed by atoms with E-state index in [1.807, 2.05) is 0 Å². The molecule has 1 N–H and O–H groups in total. The first kappa shape index (κ1) is 10.3. The molecule has 2 unspecified atom stereocenters. The Kier molecular flexibility index (Phi) is 3.96. The largest absolute Gasteiger partial charge is 0.468 e. The maximum atomic E-state index is 11.3. The highest BCUT2D eigenvalue weighted by Crippen LogP contribution is 2.22. The molecule has 1 aliphatic rings. The average Bonchev–Trinajstić information content (AvgIpc) is 2.20. The van der Waals surface area contributed by atoms with Crippen molar-refractivity contribution in [1.82, 2.24) is 5.32 Å². The lowest BCUT2D eigenvalue weighted by atomic mass is 9.88. The van der Waals surface area contributed by atoms with Gasteiger partial charge in [0.15, 0.2) is 0 Å². The van der Waals surface area contributed by atoms with Gasteiger partial charge in [-0.2, -0.15) is 0 Å². The van der Waals surface area contributed by atoms with Gasteiger partial charge >= 0.3 is 5.97 Å². The van der Waals surface area contributed by atoms with E-state index in [1.165, 1.54) is 7.11 Å². The van der Waals surface area contributed by atoms with Gasteiger partial charge in [-0.25, -0.2) is 0 Å². The third-order valence-corrected chi connectivity index (χ3v) is 2.55. The molecule has 3 nitrogen and oxygen atoms in total. The molecule has 0 bridgehead atoms. The van der Waals surface area contributed by atoms with Gasteiger partial charge in [-0.15, -0.1) is 0 Å². The van der Waals surface area contributed by atoms with Crippen molar-refractivity contribution in [3.63, 3.8) is 0 Å². The Bertz CT molecular complexity index is 201. The van der Waals surface area contributed by atoms with Crippen molar-refractivity contribution < 1.29 is 9.53 Å². The zero-order valence-corrected chi connectivity index (χ0v) is 8.25. The van der Waals surface area contributed by atoms with Crippen LogP contribution in [-0.2, 0) is 9.53 Å². The second kappa shape index (κ2) is 5.02. The molecular formula is C10H17NO2. The summed E-state index contributed by atoms with van der Waals surface area (Å²) < 4.78 is 4.73. The minimum absolute atomic E-state index is 0.144. The molecule has 2 atom stereocenters. The summed E-state index contributed by atoms with van der Waals surface area (Å²) >= 11 is 0. The number of likely N-dealkylation sites (N-methyl/N-ethyl adjacent to an activating group) is 1. The van der Waals surface area contributed by atoms with E-state index in [0.717, 1.165) is 19.3 Å². The molecule has 0 radical (unpaired) electrons. The lowest BCUT2D eigenvalue weighted by Crippen LogP contribution is -2.41. The number of nitrogens with one attached hydrogen (secondary N) is 1. The molecule has 0 aromatic heterocycles. The number of hydrogen-bond donors (Lipinski definition) is 1. The Balaban J connectivity index is 2.54. The zero-order chi connectivity index (χ0) is 9.68. The Labute approximate surface area is 79.2 Å². The number of esters is 1. The highest BCUT2D eigenvalue weighted by Gasteiger charge is 2.27. The van der Waals surface area contributed by atoms with Crippen LogP contribution in [0.5, 0.6) is 0 Å². The van der Waals surface area contributed by atoms with Crippen LogP contribution in [-0.4, -0.2) is 26.2 Å². The van der Waals surface area contributed by atoms with E-state index < -0.39 is 0 Å². The molecule has 13 heavy (non-hydrogen) atoms. The van der Waals surface area contributed by atoms with Gasteiger partial charge in [0.25, 0.3) is 0 Å². The van der Waals surface area contributed by atoms with Crippen LogP contribution in [0, 0.1) is 5.92 Å². The fourth-order valence-electron chi connectivity index (χ4n) is 1.79. The third kappa shape index (κ3) is 2.56. The first-order chi connectivity index (χ1) is 6.29. The smallest absolute Gasteiger partial charge is 0.323 e. The van der Waals surface area contributed by atoms with Crippen molar-refractivity contribution in [2.45, 2.75) is 25.3 Å². The molecule has 1 rings (SSSR count). The fourth-order valence-corrected chi connectivity index (χ4v) is 1.79. The van der Waals surface area contributed by atoms with Gasteiger partial charge < -0.3 is 10.1 Å². The van der Waals surface area contributed by atoms with E-state index in [9.17, 15) is 4.79 Å². The lowest BCUT2D eigenvalue weighted by Gasteiger charge is -2.25. The maximum absolute atomic E-state index is 11.3. The van der Waals surface area contributed by atoms with Crippen LogP contribution in [0.2, 0.25) is 0 Å². The Morgan fingerprint density at radius 1 is 1.62 bits per heavy atom. The summed E-state index contributed by atoms with van der Waals surface area (Å²) in [4.78, 5) is 11.3. The van der Waals surface area contributed by atoms with Crippen molar-refractivity contribution >= 4 is 5.97 Å². The first-order valence-electron chi connectivity index (χ1n) is 4.69. The van der Waals surface area contributed by atoms with Crippen LogP contribution >= 0.6 is 0 Å². The SMILES string of the molecule is CNC(C(=O)OC)C1CC=CCC1. The van der Waals surface area contributed by atoms with Gasteiger partial charge in [0.2, 0.25) is 0 Å². The normalized spacial score (nSPS) is 24.0. The fraction of sp³-hybridized carbons (Fsp3) is 0.700. The number of rotatable bonds is 3. The van der Waals surface area contributed by atoms with E-state index >= 15 is 0 Å². The number of allylic oxidation sites excluding steroid dienone is 2. The van der Waals surface area contributed by atoms with Crippen LogP contribution in [0.4, 0.5) is 0 Å². The lowest BCUT2D eigenvalue weighted by molar-refractivity contribution is -0.144. The van der Waals surface area contributed by atoms with E-state index in [1.54, 1.807) is 7.05 Å². The van der Waals surface area contributed by atoms with Gasteiger partial charge in [-0.05, 0) is 32.2 Å². The predicted octanol–water partition coefficient (Wildman–Crippen LogP) is 1.10. The van der Waals surface area contributed by atoms with Gasteiger partial charge in [0.05, 0.1) is 7.11 Å².